The molecular weight excluding hydrogens is 425 g/mol. The number of rotatable bonds is 7. The number of amides is 4. The molecule has 176 valence electrons. The first-order valence-electron chi connectivity index (χ1n) is 10.7. The molecular formula is C22H29F3N4O3. The average Bonchev–Trinajstić information content (AvgIpc) is 3.28. The van der Waals surface area contributed by atoms with Crippen molar-refractivity contribution >= 4 is 17.8 Å². The molecule has 1 aliphatic heterocycles. The summed E-state index contributed by atoms with van der Waals surface area (Å²) < 4.78 is 39.3. The van der Waals surface area contributed by atoms with Crippen molar-refractivity contribution in [3.05, 3.63) is 35.4 Å². The Morgan fingerprint density at radius 3 is 2.44 bits per heavy atom. The van der Waals surface area contributed by atoms with Gasteiger partial charge in [0.2, 0.25) is 5.91 Å². The highest BCUT2D eigenvalue weighted by atomic mass is 19.4. The molecule has 32 heavy (non-hydrogen) atoms. The van der Waals surface area contributed by atoms with Crippen molar-refractivity contribution in [1.82, 2.24) is 20.0 Å². The van der Waals surface area contributed by atoms with Crippen molar-refractivity contribution in [2.24, 2.45) is 0 Å². The Balaban J connectivity index is 1.81. The summed E-state index contributed by atoms with van der Waals surface area (Å²) in [6.45, 7) is 2.14. The highest BCUT2D eigenvalue weighted by Crippen LogP contribution is 2.36. The molecule has 1 saturated carbocycles. The van der Waals surface area contributed by atoms with Gasteiger partial charge in [-0.2, -0.15) is 13.2 Å². The number of imide groups is 1. The third-order valence-corrected chi connectivity index (χ3v) is 6.15. The topological polar surface area (TPSA) is 73.0 Å². The summed E-state index contributed by atoms with van der Waals surface area (Å²) in [6.07, 6.45) is -1.75. The first-order valence-corrected chi connectivity index (χ1v) is 10.7. The third kappa shape index (κ3) is 4.90. The van der Waals surface area contributed by atoms with E-state index in [9.17, 15) is 27.6 Å². The van der Waals surface area contributed by atoms with Crippen molar-refractivity contribution in [1.29, 1.82) is 0 Å². The largest absolute Gasteiger partial charge is 0.416 e. The van der Waals surface area contributed by atoms with Gasteiger partial charge in [0.25, 0.3) is 5.91 Å². The molecule has 2 aliphatic rings. The summed E-state index contributed by atoms with van der Waals surface area (Å²) >= 11 is 0. The highest BCUT2D eigenvalue weighted by molar-refractivity contribution is 6.09. The van der Waals surface area contributed by atoms with Crippen LogP contribution in [0.1, 0.15) is 43.7 Å². The molecule has 3 rings (SSSR count). The molecule has 1 atom stereocenters. The molecule has 1 aromatic carbocycles. The van der Waals surface area contributed by atoms with Crippen LogP contribution in [-0.4, -0.2) is 71.3 Å². The zero-order chi connectivity index (χ0) is 23.7. The van der Waals surface area contributed by atoms with Crippen LogP contribution in [0.15, 0.2) is 24.3 Å². The van der Waals surface area contributed by atoms with Crippen LogP contribution in [0.4, 0.5) is 18.0 Å². The van der Waals surface area contributed by atoms with E-state index >= 15 is 0 Å². The van der Waals surface area contributed by atoms with E-state index in [1.807, 2.05) is 19.0 Å². The second-order valence-corrected chi connectivity index (χ2v) is 8.83. The van der Waals surface area contributed by atoms with Gasteiger partial charge in [0.15, 0.2) is 0 Å². The number of carbonyl (C=O) groups excluding carboxylic acids is 3. The number of hydrogen-bond donors (Lipinski definition) is 1. The zero-order valence-electron chi connectivity index (χ0n) is 18.5. The minimum Gasteiger partial charge on any atom is -0.335 e. The Morgan fingerprint density at radius 1 is 1.19 bits per heavy atom. The molecule has 10 heteroatoms. The molecule has 1 heterocycles. The summed E-state index contributed by atoms with van der Waals surface area (Å²) in [5.74, 6) is -0.879. The van der Waals surface area contributed by atoms with E-state index in [1.54, 1.807) is 0 Å². The van der Waals surface area contributed by atoms with Gasteiger partial charge in [-0.3, -0.25) is 9.59 Å². The Morgan fingerprint density at radius 2 is 1.84 bits per heavy atom. The van der Waals surface area contributed by atoms with Gasteiger partial charge in [-0.1, -0.05) is 25.0 Å². The minimum atomic E-state index is -4.49. The second-order valence-electron chi connectivity index (χ2n) is 8.83. The van der Waals surface area contributed by atoms with Crippen LogP contribution in [0.3, 0.4) is 0 Å². The number of nitrogens with one attached hydrogen (secondary N) is 1. The molecule has 1 unspecified atom stereocenters. The molecule has 2 fully saturated rings. The molecule has 7 nitrogen and oxygen atoms in total. The zero-order valence-corrected chi connectivity index (χ0v) is 18.5. The normalized spacial score (nSPS) is 19.0. The summed E-state index contributed by atoms with van der Waals surface area (Å²) in [5, 5.41) is 2.76. The van der Waals surface area contributed by atoms with Gasteiger partial charge in [-0.25, -0.2) is 9.69 Å². The minimum absolute atomic E-state index is 0.0598. The van der Waals surface area contributed by atoms with E-state index in [1.165, 1.54) is 24.0 Å². The summed E-state index contributed by atoms with van der Waals surface area (Å²) in [5.41, 5.74) is -1.40. The van der Waals surface area contributed by atoms with Crippen LogP contribution in [-0.2, 0) is 22.3 Å². The first-order chi connectivity index (χ1) is 14.9. The fraction of sp³-hybridized carbons (Fsp3) is 0.591. The van der Waals surface area contributed by atoms with Crippen molar-refractivity contribution in [3.63, 3.8) is 0 Å². The monoisotopic (exact) mass is 454 g/mol. The Kier molecular flexibility index (Phi) is 6.83. The first kappa shape index (κ1) is 24.0. The van der Waals surface area contributed by atoms with Crippen molar-refractivity contribution in [2.75, 3.05) is 27.2 Å². The molecule has 0 bridgehead atoms. The number of urea groups is 1. The number of carbonyl (C=O) groups is 3. The Bertz CT molecular complexity index is 881. The number of likely N-dealkylation sites (N-methyl/N-ethyl adjacent to an activating group) is 1. The summed E-state index contributed by atoms with van der Waals surface area (Å²) in [4.78, 5) is 43.2. The van der Waals surface area contributed by atoms with Crippen molar-refractivity contribution in [2.45, 2.75) is 56.9 Å². The lowest BCUT2D eigenvalue weighted by molar-refractivity contribution is -0.143. The molecule has 0 aromatic heterocycles. The number of nitrogens with zero attached hydrogens (tertiary/aromatic N) is 3. The van der Waals surface area contributed by atoms with E-state index in [0.29, 0.717) is 24.9 Å². The van der Waals surface area contributed by atoms with Crippen molar-refractivity contribution < 1.29 is 27.6 Å². The van der Waals surface area contributed by atoms with Gasteiger partial charge in [-0.05, 0) is 51.6 Å². The second kappa shape index (κ2) is 9.09. The number of benzene rings is 1. The SMILES string of the molecule is CC(C(=O)N(CCN(C)C)Cc1cccc(C(F)(F)F)c1)N1C(=O)NC2(CCCC2)C1=O. The molecule has 1 spiro atoms. The summed E-state index contributed by atoms with van der Waals surface area (Å²) in [6, 6.07) is 3.17. The van der Waals surface area contributed by atoms with Gasteiger partial charge >= 0.3 is 12.2 Å². The maximum atomic E-state index is 13.3. The van der Waals surface area contributed by atoms with Gasteiger partial charge in [0.05, 0.1) is 5.56 Å². The van der Waals surface area contributed by atoms with Gasteiger partial charge in [-0.15, -0.1) is 0 Å². The van der Waals surface area contributed by atoms with Crippen LogP contribution >= 0.6 is 0 Å². The fourth-order valence-corrected chi connectivity index (χ4v) is 4.34. The predicted molar refractivity (Wildman–Crippen MR) is 111 cm³/mol. The van der Waals surface area contributed by atoms with E-state index in [-0.39, 0.29) is 13.1 Å². The summed E-state index contributed by atoms with van der Waals surface area (Å²) in [7, 11) is 3.63. The number of alkyl halides is 3. The standard InChI is InChI=1S/C22H29F3N4O3/c1-15(29-19(31)21(26-20(29)32)9-4-5-10-21)18(30)28(12-11-27(2)3)14-16-7-6-8-17(13-16)22(23,24)25/h6-8,13,15H,4-5,9-12,14H2,1-3H3,(H,26,32). The fourth-order valence-electron chi connectivity index (χ4n) is 4.34. The van der Waals surface area contributed by atoms with Crippen LogP contribution in [0.25, 0.3) is 0 Å². The van der Waals surface area contributed by atoms with Crippen LogP contribution in [0.2, 0.25) is 0 Å². The maximum absolute atomic E-state index is 13.3. The lowest BCUT2D eigenvalue weighted by Crippen LogP contribution is -2.51. The smallest absolute Gasteiger partial charge is 0.335 e. The van der Waals surface area contributed by atoms with Crippen molar-refractivity contribution in [3.8, 4) is 0 Å². The van der Waals surface area contributed by atoms with E-state index < -0.39 is 41.2 Å². The van der Waals surface area contributed by atoms with E-state index in [4.69, 9.17) is 0 Å². The van der Waals surface area contributed by atoms with E-state index in [2.05, 4.69) is 5.32 Å². The maximum Gasteiger partial charge on any atom is 0.416 e. The van der Waals surface area contributed by atoms with Crippen LogP contribution < -0.4 is 5.32 Å². The van der Waals surface area contributed by atoms with Gasteiger partial charge < -0.3 is 15.1 Å². The third-order valence-electron chi connectivity index (χ3n) is 6.15. The molecule has 1 N–H and O–H groups in total. The molecule has 1 aliphatic carbocycles. The van der Waals surface area contributed by atoms with Gasteiger partial charge in [0, 0.05) is 19.6 Å². The molecule has 4 amide bonds. The number of hydrogen-bond acceptors (Lipinski definition) is 4. The molecule has 1 saturated heterocycles. The quantitative estimate of drug-likeness (QED) is 0.643. The predicted octanol–water partition coefficient (Wildman–Crippen LogP) is 2.85. The average molecular weight is 454 g/mol. The Hall–Kier alpha value is -2.62. The number of halogens is 3. The Labute approximate surface area is 185 Å². The highest BCUT2D eigenvalue weighted by Gasteiger charge is 2.54. The lowest BCUT2D eigenvalue weighted by Gasteiger charge is -2.30. The van der Waals surface area contributed by atoms with Crippen LogP contribution in [0.5, 0.6) is 0 Å². The molecule has 0 radical (unpaired) electrons. The molecule has 1 aromatic rings. The van der Waals surface area contributed by atoms with Crippen LogP contribution in [0, 0.1) is 0 Å². The van der Waals surface area contributed by atoms with Gasteiger partial charge in [0.1, 0.15) is 11.6 Å². The lowest BCUT2D eigenvalue weighted by atomic mass is 9.97. The van der Waals surface area contributed by atoms with E-state index in [0.717, 1.165) is 29.9 Å².